The summed E-state index contributed by atoms with van der Waals surface area (Å²) < 4.78 is 43.5. The predicted octanol–water partition coefficient (Wildman–Crippen LogP) is 2.24. The third-order valence-corrected chi connectivity index (χ3v) is 6.49. The lowest BCUT2D eigenvalue weighted by atomic mass is 10.1. The Bertz CT molecular complexity index is 1000. The van der Waals surface area contributed by atoms with Gasteiger partial charge in [0.2, 0.25) is 10.0 Å². The summed E-state index contributed by atoms with van der Waals surface area (Å²) >= 11 is 6.07. The molecule has 3 N–H and O–H groups in total. The number of rotatable bonds is 4. The Morgan fingerprint density at radius 2 is 1.96 bits per heavy atom. The second-order valence-electron chi connectivity index (χ2n) is 7.22. The lowest BCUT2D eigenvalue weighted by molar-refractivity contribution is 0.0818. The fourth-order valence-electron chi connectivity index (χ4n) is 4.00. The molecule has 0 unspecified atom stereocenters. The van der Waals surface area contributed by atoms with Crippen molar-refractivity contribution in [2.45, 2.75) is 36.0 Å². The molecule has 9 heteroatoms. The van der Waals surface area contributed by atoms with Gasteiger partial charge in [-0.2, -0.15) is 0 Å². The highest BCUT2D eigenvalue weighted by Gasteiger charge is 2.42. The Balaban J connectivity index is 1.67. The molecule has 1 heterocycles. The molecule has 28 heavy (non-hydrogen) atoms. The molecule has 0 aromatic heterocycles. The number of primary sulfonamides is 1. The van der Waals surface area contributed by atoms with Gasteiger partial charge in [-0.05, 0) is 54.8 Å². The van der Waals surface area contributed by atoms with Gasteiger partial charge < -0.3 is 9.84 Å². The number of sulfonamides is 1. The molecule has 1 aliphatic heterocycles. The van der Waals surface area contributed by atoms with Crippen molar-refractivity contribution >= 4 is 21.6 Å². The molecule has 2 aromatic carbocycles. The molecule has 0 spiro atoms. The average Bonchev–Trinajstić information content (AvgIpc) is 3.19. The van der Waals surface area contributed by atoms with Crippen LogP contribution < -0.4 is 9.88 Å². The fraction of sp³-hybridized carbons (Fsp3) is 0.368. The number of hydrogen-bond acceptors (Lipinski definition) is 5. The van der Waals surface area contributed by atoms with Crippen molar-refractivity contribution in [3.63, 3.8) is 0 Å². The molecule has 0 bridgehead atoms. The summed E-state index contributed by atoms with van der Waals surface area (Å²) in [4.78, 5) is 2.08. The van der Waals surface area contributed by atoms with E-state index < -0.39 is 22.2 Å². The Hall–Kier alpha value is -1.71. The first-order valence-corrected chi connectivity index (χ1v) is 10.8. The predicted molar refractivity (Wildman–Crippen MR) is 102 cm³/mol. The number of β-amino-alcohol motifs (C(OH)–C–C–N with tert-alkyl or cyclic N) is 1. The first-order chi connectivity index (χ1) is 13.2. The van der Waals surface area contributed by atoms with Crippen molar-refractivity contribution in [3.05, 3.63) is 58.4 Å². The van der Waals surface area contributed by atoms with Gasteiger partial charge in [-0.15, -0.1) is 0 Å². The zero-order valence-electron chi connectivity index (χ0n) is 14.9. The van der Waals surface area contributed by atoms with E-state index in [1.165, 1.54) is 30.3 Å². The molecule has 0 saturated carbocycles. The van der Waals surface area contributed by atoms with Gasteiger partial charge in [-0.25, -0.2) is 17.9 Å². The minimum Gasteiger partial charge on any atom is -0.484 e. The number of likely N-dealkylation sites (tertiary alicyclic amines) is 1. The van der Waals surface area contributed by atoms with Crippen LogP contribution in [0, 0.1) is 5.82 Å². The van der Waals surface area contributed by atoms with E-state index in [0.717, 1.165) is 0 Å². The molecule has 1 aliphatic carbocycles. The maximum absolute atomic E-state index is 14.5. The summed E-state index contributed by atoms with van der Waals surface area (Å²) in [5, 5.41) is 15.3. The summed E-state index contributed by atoms with van der Waals surface area (Å²) in [7, 11) is -3.80. The summed E-state index contributed by atoms with van der Waals surface area (Å²) in [5.41, 5.74) is 1.23. The number of hydrogen-bond donors (Lipinski definition) is 2. The van der Waals surface area contributed by atoms with Crippen LogP contribution in [0.15, 0.2) is 41.3 Å². The molecule has 6 nitrogen and oxygen atoms in total. The van der Waals surface area contributed by atoms with Crippen LogP contribution >= 0.6 is 11.6 Å². The monoisotopic (exact) mass is 426 g/mol. The molecule has 4 rings (SSSR count). The van der Waals surface area contributed by atoms with E-state index in [1.807, 2.05) is 0 Å². The number of halogens is 2. The highest BCUT2D eigenvalue weighted by atomic mass is 35.5. The van der Waals surface area contributed by atoms with Gasteiger partial charge in [-0.1, -0.05) is 11.6 Å². The van der Waals surface area contributed by atoms with Gasteiger partial charge in [0.25, 0.3) is 0 Å². The van der Waals surface area contributed by atoms with Crippen molar-refractivity contribution in [2.75, 3.05) is 13.1 Å². The molecule has 2 aliphatic rings. The van der Waals surface area contributed by atoms with Crippen LogP contribution in [-0.2, 0) is 16.4 Å². The smallest absolute Gasteiger partial charge is 0.238 e. The van der Waals surface area contributed by atoms with Crippen LogP contribution in [0.25, 0.3) is 0 Å². The first-order valence-electron chi connectivity index (χ1n) is 8.92. The van der Waals surface area contributed by atoms with E-state index in [0.29, 0.717) is 42.8 Å². The van der Waals surface area contributed by atoms with Crippen molar-refractivity contribution in [1.82, 2.24) is 4.90 Å². The van der Waals surface area contributed by atoms with Crippen LogP contribution in [0.2, 0.25) is 5.02 Å². The average molecular weight is 427 g/mol. The van der Waals surface area contributed by atoms with Gasteiger partial charge >= 0.3 is 0 Å². The van der Waals surface area contributed by atoms with E-state index in [-0.39, 0.29) is 21.8 Å². The highest BCUT2D eigenvalue weighted by molar-refractivity contribution is 7.89. The standard InChI is InChI=1S/C19H20ClFN2O4S/c20-11-7-16-15(17(21)8-11)9-18(23-6-5-12(24)10-23)19(16)27-13-1-3-14(4-2-13)28(22,25)26/h1-4,7-8,12,18-19,24H,5-6,9-10H2,(H2,22,25,26)/t12-,18+,19+/m1/s1. The molecule has 1 fully saturated rings. The molecule has 1 saturated heterocycles. The number of fused-ring (bicyclic) bond motifs is 1. The van der Waals surface area contributed by atoms with E-state index in [4.69, 9.17) is 21.5 Å². The van der Waals surface area contributed by atoms with Crippen LogP contribution in [0.5, 0.6) is 5.75 Å². The molecule has 150 valence electrons. The van der Waals surface area contributed by atoms with Crippen LogP contribution in [0.4, 0.5) is 4.39 Å². The quantitative estimate of drug-likeness (QED) is 0.782. The Morgan fingerprint density at radius 1 is 1.25 bits per heavy atom. The van der Waals surface area contributed by atoms with Crippen molar-refractivity contribution in [2.24, 2.45) is 5.14 Å². The third-order valence-electron chi connectivity index (χ3n) is 5.34. The van der Waals surface area contributed by atoms with E-state index in [1.54, 1.807) is 6.07 Å². The summed E-state index contributed by atoms with van der Waals surface area (Å²) in [6.07, 6.45) is 0.206. The highest BCUT2D eigenvalue weighted by Crippen LogP contribution is 2.41. The number of nitrogens with two attached hydrogens (primary N) is 1. The maximum Gasteiger partial charge on any atom is 0.238 e. The van der Waals surface area contributed by atoms with Crippen LogP contribution in [0.3, 0.4) is 0 Å². The topological polar surface area (TPSA) is 92.9 Å². The second kappa shape index (κ2) is 7.27. The Labute approximate surface area is 167 Å². The van der Waals surface area contributed by atoms with Crippen LogP contribution in [0.1, 0.15) is 23.7 Å². The SMILES string of the molecule is NS(=O)(=O)c1ccc(O[C@H]2c3cc(Cl)cc(F)c3C[C@@H]2N2CC[C@@H](O)C2)cc1. The number of aliphatic hydroxyl groups excluding tert-OH is 1. The number of benzene rings is 2. The van der Waals surface area contributed by atoms with Crippen molar-refractivity contribution in [3.8, 4) is 5.75 Å². The number of aliphatic hydroxyl groups is 1. The zero-order chi connectivity index (χ0) is 20.1. The maximum atomic E-state index is 14.5. The molecule has 3 atom stereocenters. The molecular weight excluding hydrogens is 407 g/mol. The zero-order valence-corrected chi connectivity index (χ0v) is 16.5. The Kier molecular flexibility index (Phi) is 5.09. The van der Waals surface area contributed by atoms with Gasteiger partial charge in [-0.3, -0.25) is 4.90 Å². The number of ether oxygens (including phenoxy) is 1. The van der Waals surface area contributed by atoms with E-state index >= 15 is 0 Å². The molecule has 2 aromatic rings. The van der Waals surface area contributed by atoms with Gasteiger partial charge in [0.05, 0.1) is 17.0 Å². The van der Waals surface area contributed by atoms with E-state index in [2.05, 4.69) is 4.90 Å². The molecule has 0 amide bonds. The Morgan fingerprint density at radius 3 is 2.57 bits per heavy atom. The van der Waals surface area contributed by atoms with Gasteiger partial charge in [0.1, 0.15) is 17.7 Å². The lowest BCUT2D eigenvalue weighted by Gasteiger charge is -2.30. The largest absolute Gasteiger partial charge is 0.484 e. The van der Waals surface area contributed by atoms with Gasteiger partial charge in [0, 0.05) is 23.7 Å². The fourth-order valence-corrected chi connectivity index (χ4v) is 4.73. The van der Waals surface area contributed by atoms with Crippen LogP contribution in [-0.4, -0.2) is 43.7 Å². The summed E-state index contributed by atoms with van der Waals surface area (Å²) in [5.74, 6) is 0.0679. The molecular formula is C19H20ClFN2O4S. The third kappa shape index (κ3) is 3.75. The minimum absolute atomic E-state index is 0.0139. The second-order valence-corrected chi connectivity index (χ2v) is 9.22. The number of nitrogens with zero attached hydrogens (tertiary/aromatic N) is 1. The summed E-state index contributed by atoms with van der Waals surface area (Å²) in [6.45, 7) is 1.19. The normalized spacial score (nSPS) is 25.1. The first kappa shape index (κ1) is 19.6. The van der Waals surface area contributed by atoms with Gasteiger partial charge in [0.15, 0.2) is 0 Å². The minimum atomic E-state index is -3.80. The van der Waals surface area contributed by atoms with Crippen molar-refractivity contribution < 1.29 is 22.7 Å². The van der Waals surface area contributed by atoms with Crippen molar-refractivity contribution in [1.29, 1.82) is 0 Å². The lowest BCUT2D eigenvalue weighted by Crippen LogP contribution is -2.39. The summed E-state index contributed by atoms with van der Waals surface area (Å²) in [6, 6.07) is 8.62. The van der Waals surface area contributed by atoms with E-state index in [9.17, 15) is 17.9 Å². The molecule has 0 radical (unpaired) electrons.